The SMILES string of the molecule is CCCNC(Cc1cccc(Cl)c1)c1cc(Br)c(C)s1. The second-order valence-corrected chi connectivity index (χ2v) is 7.47. The predicted octanol–water partition coefficient (Wildman–Crippen LogP) is 5.76. The summed E-state index contributed by atoms with van der Waals surface area (Å²) in [4.78, 5) is 2.71. The maximum absolute atomic E-state index is 6.08. The molecule has 1 N–H and O–H groups in total. The molecule has 1 nitrogen and oxygen atoms in total. The molecule has 0 aliphatic carbocycles. The zero-order valence-corrected chi connectivity index (χ0v) is 14.9. The van der Waals surface area contributed by atoms with E-state index in [0.29, 0.717) is 6.04 Å². The van der Waals surface area contributed by atoms with E-state index < -0.39 is 0 Å². The average Bonchev–Trinajstić information content (AvgIpc) is 2.74. The maximum Gasteiger partial charge on any atom is 0.0456 e. The molecular weight excluding hydrogens is 354 g/mol. The Bertz CT molecular complexity index is 548. The fraction of sp³-hybridized carbons (Fsp3) is 0.375. The molecule has 1 aromatic carbocycles. The lowest BCUT2D eigenvalue weighted by atomic mass is 10.0. The molecule has 0 spiro atoms. The molecule has 2 rings (SSSR count). The van der Waals surface area contributed by atoms with Gasteiger partial charge < -0.3 is 5.32 Å². The molecule has 0 radical (unpaired) electrons. The summed E-state index contributed by atoms with van der Waals surface area (Å²) < 4.78 is 1.20. The Morgan fingerprint density at radius 2 is 2.15 bits per heavy atom. The van der Waals surface area contributed by atoms with Gasteiger partial charge in [-0.25, -0.2) is 0 Å². The van der Waals surface area contributed by atoms with Gasteiger partial charge in [-0.1, -0.05) is 30.7 Å². The maximum atomic E-state index is 6.08. The molecule has 2 aromatic rings. The molecule has 108 valence electrons. The van der Waals surface area contributed by atoms with Crippen LogP contribution in [0.25, 0.3) is 0 Å². The van der Waals surface area contributed by atoms with Crippen LogP contribution in [-0.2, 0) is 6.42 Å². The molecule has 0 fully saturated rings. The van der Waals surface area contributed by atoms with Crippen molar-refractivity contribution < 1.29 is 0 Å². The highest BCUT2D eigenvalue weighted by Gasteiger charge is 2.15. The Balaban J connectivity index is 2.19. The van der Waals surface area contributed by atoms with Crippen molar-refractivity contribution in [3.63, 3.8) is 0 Å². The van der Waals surface area contributed by atoms with E-state index in [1.807, 2.05) is 23.5 Å². The Morgan fingerprint density at radius 1 is 1.35 bits per heavy atom. The molecule has 4 heteroatoms. The molecule has 0 aliphatic rings. The molecule has 0 aliphatic heterocycles. The van der Waals surface area contributed by atoms with Gasteiger partial charge in [-0.2, -0.15) is 0 Å². The van der Waals surface area contributed by atoms with Gasteiger partial charge in [0.25, 0.3) is 0 Å². The Hall–Kier alpha value is -0.350. The molecule has 1 unspecified atom stereocenters. The highest BCUT2D eigenvalue weighted by molar-refractivity contribution is 9.10. The summed E-state index contributed by atoms with van der Waals surface area (Å²) in [6, 6.07) is 10.7. The smallest absolute Gasteiger partial charge is 0.0456 e. The summed E-state index contributed by atoms with van der Waals surface area (Å²) in [5.41, 5.74) is 1.27. The van der Waals surface area contributed by atoms with Gasteiger partial charge in [0.15, 0.2) is 0 Å². The lowest BCUT2D eigenvalue weighted by molar-refractivity contribution is 0.536. The summed E-state index contributed by atoms with van der Waals surface area (Å²) in [6.07, 6.45) is 2.10. The molecule has 1 heterocycles. The number of nitrogens with one attached hydrogen (secondary N) is 1. The summed E-state index contributed by atoms with van der Waals surface area (Å²) in [6.45, 7) is 5.37. The minimum absolute atomic E-state index is 0.350. The van der Waals surface area contributed by atoms with Crippen molar-refractivity contribution in [3.8, 4) is 0 Å². The monoisotopic (exact) mass is 371 g/mol. The van der Waals surface area contributed by atoms with Crippen LogP contribution in [0.2, 0.25) is 5.02 Å². The van der Waals surface area contributed by atoms with Crippen LogP contribution in [0.3, 0.4) is 0 Å². The van der Waals surface area contributed by atoms with Crippen molar-refractivity contribution in [3.05, 3.63) is 55.1 Å². The summed E-state index contributed by atoms with van der Waals surface area (Å²) in [5, 5.41) is 4.45. The topological polar surface area (TPSA) is 12.0 Å². The van der Waals surface area contributed by atoms with Gasteiger partial charge in [0.2, 0.25) is 0 Å². The van der Waals surface area contributed by atoms with E-state index >= 15 is 0 Å². The highest BCUT2D eigenvalue weighted by atomic mass is 79.9. The zero-order chi connectivity index (χ0) is 14.5. The summed E-state index contributed by atoms with van der Waals surface area (Å²) in [7, 11) is 0. The van der Waals surface area contributed by atoms with E-state index in [1.54, 1.807) is 0 Å². The molecule has 20 heavy (non-hydrogen) atoms. The Labute approximate surface area is 138 Å². The van der Waals surface area contributed by atoms with E-state index in [0.717, 1.165) is 24.4 Å². The van der Waals surface area contributed by atoms with Crippen molar-refractivity contribution in [1.82, 2.24) is 5.32 Å². The Morgan fingerprint density at radius 3 is 2.75 bits per heavy atom. The van der Waals surface area contributed by atoms with Crippen LogP contribution < -0.4 is 5.32 Å². The van der Waals surface area contributed by atoms with Gasteiger partial charge in [-0.05, 0) is 66.0 Å². The van der Waals surface area contributed by atoms with Crippen LogP contribution in [0.1, 0.15) is 34.7 Å². The second-order valence-electron chi connectivity index (χ2n) is 4.89. The first-order valence-corrected chi connectivity index (χ1v) is 8.82. The predicted molar refractivity (Wildman–Crippen MR) is 92.9 cm³/mol. The van der Waals surface area contributed by atoms with E-state index in [4.69, 9.17) is 11.6 Å². The minimum Gasteiger partial charge on any atom is -0.309 e. The first kappa shape index (κ1) is 16.0. The van der Waals surface area contributed by atoms with Gasteiger partial charge in [-0.3, -0.25) is 0 Å². The van der Waals surface area contributed by atoms with Crippen molar-refractivity contribution in [2.45, 2.75) is 32.7 Å². The molecule has 0 amide bonds. The average molecular weight is 373 g/mol. The quantitative estimate of drug-likeness (QED) is 0.680. The van der Waals surface area contributed by atoms with Crippen molar-refractivity contribution in [2.75, 3.05) is 6.54 Å². The fourth-order valence-electron chi connectivity index (χ4n) is 2.14. The van der Waals surface area contributed by atoms with Gasteiger partial charge in [-0.15, -0.1) is 11.3 Å². The molecule has 0 saturated heterocycles. The third-order valence-corrected chi connectivity index (χ3v) is 5.67. The molecule has 0 saturated carbocycles. The number of hydrogen-bond acceptors (Lipinski definition) is 2. The largest absolute Gasteiger partial charge is 0.309 e. The van der Waals surface area contributed by atoms with Gasteiger partial charge in [0.1, 0.15) is 0 Å². The van der Waals surface area contributed by atoms with E-state index in [-0.39, 0.29) is 0 Å². The number of thiophene rings is 1. The van der Waals surface area contributed by atoms with Crippen molar-refractivity contribution >= 4 is 38.9 Å². The van der Waals surface area contributed by atoms with Gasteiger partial charge >= 0.3 is 0 Å². The van der Waals surface area contributed by atoms with Crippen LogP contribution >= 0.6 is 38.9 Å². The molecule has 1 aromatic heterocycles. The number of benzene rings is 1. The normalized spacial score (nSPS) is 12.6. The molecular formula is C16H19BrClNS. The zero-order valence-electron chi connectivity index (χ0n) is 11.7. The van der Waals surface area contributed by atoms with E-state index in [2.05, 4.69) is 53.3 Å². The van der Waals surface area contributed by atoms with Crippen LogP contribution in [0.15, 0.2) is 34.8 Å². The fourth-order valence-corrected chi connectivity index (χ4v) is 3.99. The van der Waals surface area contributed by atoms with Crippen LogP contribution in [0, 0.1) is 6.92 Å². The summed E-state index contributed by atoms with van der Waals surface area (Å²) >= 11 is 11.5. The lowest BCUT2D eigenvalue weighted by Crippen LogP contribution is -2.23. The first-order valence-electron chi connectivity index (χ1n) is 6.83. The minimum atomic E-state index is 0.350. The lowest BCUT2D eigenvalue weighted by Gasteiger charge is -2.17. The third-order valence-electron chi connectivity index (χ3n) is 3.19. The Kier molecular flexibility index (Phi) is 6.09. The number of hydrogen-bond donors (Lipinski definition) is 1. The van der Waals surface area contributed by atoms with Crippen LogP contribution in [0.4, 0.5) is 0 Å². The molecule has 1 atom stereocenters. The number of rotatable bonds is 6. The number of halogens is 2. The van der Waals surface area contributed by atoms with Crippen molar-refractivity contribution in [2.24, 2.45) is 0 Å². The highest BCUT2D eigenvalue weighted by Crippen LogP contribution is 2.32. The van der Waals surface area contributed by atoms with Crippen LogP contribution in [0.5, 0.6) is 0 Å². The molecule has 0 bridgehead atoms. The third kappa shape index (κ3) is 4.32. The summed E-state index contributed by atoms with van der Waals surface area (Å²) in [5.74, 6) is 0. The van der Waals surface area contributed by atoms with Gasteiger partial charge in [0, 0.05) is 25.3 Å². The van der Waals surface area contributed by atoms with E-state index in [1.165, 1.54) is 19.8 Å². The second kappa shape index (κ2) is 7.60. The first-order chi connectivity index (χ1) is 9.60. The van der Waals surface area contributed by atoms with Gasteiger partial charge in [0.05, 0.1) is 0 Å². The number of aryl methyl sites for hydroxylation is 1. The van der Waals surface area contributed by atoms with Crippen molar-refractivity contribution in [1.29, 1.82) is 0 Å². The van der Waals surface area contributed by atoms with E-state index in [9.17, 15) is 0 Å². The van der Waals surface area contributed by atoms with Crippen LogP contribution in [-0.4, -0.2) is 6.54 Å². The standard InChI is InChI=1S/C16H19BrClNS/c1-3-7-19-15(16-10-14(17)11(2)20-16)9-12-5-4-6-13(18)8-12/h4-6,8,10,15,19H,3,7,9H2,1-2H3.